The molecule has 2 N–H and O–H groups in total. The Labute approximate surface area is 135 Å². The molecule has 5 heteroatoms. The highest BCUT2D eigenvalue weighted by Gasteiger charge is 2.23. The summed E-state index contributed by atoms with van der Waals surface area (Å²) in [6, 6.07) is 5.01. The van der Waals surface area contributed by atoms with Crippen molar-refractivity contribution >= 4 is 15.9 Å². The minimum absolute atomic E-state index is 0.386. The molecule has 0 heterocycles. The molecule has 0 atom stereocenters. The molecule has 2 rings (SSSR count). The van der Waals surface area contributed by atoms with Crippen molar-refractivity contribution in [2.24, 2.45) is 5.73 Å². The van der Waals surface area contributed by atoms with Crippen LogP contribution < -0.4 is 15.2 Å². The first-order valence-electron chi connectivity index (χ1n) is 7.41. The second-order valence-corrected chi connectivity index (χ2v) is 6.64. The Bertz CT molecular complexity index is 474. The highest BCUT2D eigenvalue weighted by molar-refractivity contribution is 9.10. The van der Waals surface area contributed by atoms with Gasteiger partial charge in [0.15, 0.2) is 0 Å². The lowest BCUT2D eigenvalue weighted by molar-refractivity contribution is 0.174. The fourth-order valence-corrected chi connectivity index (χ4v) is 3.47. The van der Waals surface area contributed by atoms with Crippen LogP contribution in [-0.2, 0) is 6.54 Å². The zero-order chi connectivity index (χ0) is 15.4. The van der Waals surface area contributed by atoms with E-state index in [0.29, 0.717) is 12.1 Å². The molecule has 1 aliphatic carbocycles. The Morgan fingerprint density at radius 3 is 2.33 bits per heavy atom. The van der Waals surface area contributed by atoms with Crippen molar-refractivity contribution in [3.05, 3.63) is 22.2 Å². The maximum absolute atomic E-state index is 5.99. The van der Waals surface area contributed by atoms with Crippen LogP contribution in [0.5, 0.6) is 11.5 Å². The van der Waals surface area contributed by atoms with E-state index in [9.17, 15) is 0 Å². The predicted molar refractivity (Wildman–Crippen MR) is 88.9 cm³/mol. The lowest BCUT2D eigenvalue weighted by Gasteiger charge is -2.33. The number of benzene rings is 1. The summed E-state index contributed by atoms with van der Waals surface area (Å²) < 4.78 is 11.8. The van der Waals surface area contributed by atoms with Crippen molar-refractivity contribution in [2.75, 3.05) is 21.3 Å². The molecule has 118 valence electrons. The Balaban J connectivity index is 2.10. The molecule has 0 saturated heterocycles. The third-order valence-electron chi connectivity index (χ3n) is 4.34. The van der Waals surface area contributed by atoms with Crippen molar-refractivity contribution in [2.45, 2.75) is 44.3 Å². The van der Waals surface area contributed by atoms with E-state index in [0.717, 1.165) is 40.9 Å². The number of ether oxygens (including phenoxy) is 2. The SMILES string of the molecule is COc1cc(CN(C)C2CCC(N)CC2)c(OC)cc1Br. The van der Waals surface area contributed by atoms with Gasteiger partial charge in [-0.05, 0) is 60.8 Å². The van der Waals surface area contributed by atoms with E-state index in [4.69, 9.17) is 15.2 Å². The second-order valence-electron chi connectivity index (χ2n) is 5.78. The number of hydrogen-bond acceptors (Lipinski definition) is 4. The number of nitrogens with zero attached hydrogens (tertiary/aromatic N) is 1. The van der Waals surface area contributed by atoms with Crippen molar-refractivity contribution in [1.82, 2.24) is 4.90 Å². The molecule has 1 saturated carbocycles. The van der Waals surface area contributed by atoms with E-state index in [1.54, 1.807) is 14.2 Å². The molecule has 1 aromatic carbocycles. The zero-order valence-corrected chi connectivity index (χ0v) is 14.6. The molecule has 4 nitrogen and oxygen atoms in total. The Morgan fingerprint density at radius 1 is 1.14 bits per heavy atom. The van der Waals surface area contributed by atoms with E-state index >= 15 is 0 Å². The number of rotatable bonds is 5. The van der Waals surface area contributed by atoms with Gasteiger partial charge in [0, 0.05) is 24.2 Å². The molecule has 0 aliphatic heterocycles. The topological polar surface area (TPSA) is 47.7 Å². The van der Waals surface area contributed by atoms with Crippen LogP contribution in [0.25, 0.3) is 0 Å². The normalized spacial score (nSPS) is 22.4. The standard InChI is InChI=1S/C16H25BrN2O2/c1-19(13-6-4-12(18)5-7-13)10-11-8-16(21-3)14(17)9-15(11)20-2/h8-9,12-13H,4-7,10,18H2,1-3H3. The molecule has 0 radical (unpaired) electrons. The molecule has 21 heavy (non-hydrogen) atoms. The highest BCUT2D eigenvalue weighted by Crippen LogP contribution is 2.34. The summed E-state index contributed by atoms with van der Waals surface area (Å²) in [6.45, 7) is 0.854. The zero-order valence-electron chi connectivity index (χ0n) is 13.1. The molecule has 0 spiro atoms. The molecular formula is C16H25BrN2O2. The van der Waals surface area contributed by atoms with Gasteiger partial charge < -0.3 is 15.2 Å². The van der Waals surface area contributed by atoms with E-state index in [-0.39, 0.29) is 0 Å². The minimum Gasteiger partial charge on any atom is -0.496 e. The van der Waals surface area contributed by atoms with Crippen LogP contribution in [0.2, 0.25) is 0 Å². The number of methoxy groups -OCH3 is 2. The van der Waals surface area contributed by atoms with Crippen LogP contribution in [-0.4, -0.2) is 38.3 Å². The van der Waals surface area contributed by atoms with Gasteiger partial charge in [-0.15, -0.1) is 0 Å². The Kier molecular flexibility index (Phi) is 5.90. The first-order chi connectivity index (χ1) is 10.0. The molecule has 1 fully saturated rings. The summed E-state index contributed by atoms with van der Waals surface area (Å²) in [6.07, 6.45) is 4.59. The first-order valence-corrected chi connectivity index (χ1v) is 8.20. The summed E-state index contributed by atoms with van der Waals surface area (Å²) in [5, 5.41) is 0. The van der Waals surface area contributed by atoms with E-state index in [2.05, 4.69) is 27.9 Å². The number of halogens is 1. The van der Waals surface area contributed by atoms with Crippen molar-refractivity contribution in [3.8, 4) is 11.5 Å². The summed E-state index contributed by atoms with van der Waals surface area (Å²) in [4.78, 5) is 2.40. The van der Waals surface area contributed by atoms with Crippen LogP contribution >= 0.6 is 15.9 Å². The van der Waals surface area contributed by atoms with Crippen LogP contribution in [0.1, 0.15) is 31.2 Å². The van der Waals surface area contributed by atoms with Gasteiger partial charge in [-0.2, -0.15) is 0 Å². The Hall–Kier alpha value is -0.780. The van der Waals surface area contributed by atoms with Gasteiger partial charge in [0.05, 0.1) is 18.7 Å². The van der Waals surface area contributed by atoms with Crippen LogP contribution in [0.15, 0.2) is 16.6 Å². The fraction of sp³-hybridized carbons (Fsp3) is 0.625. The summed E-state index contributed by atoms with van der Waals surface area (Å²) in [5.41, 5.74) is 7.14. The fourth-order valence-electron chi connectivity index (χ4n) is 2.99. The van der Waals surface area contributed by atoms with E-state index in [1.165, 1.54) is 12.8 Å². The maximum atomic E-state index is 5.99. The minimum atomic E-state index is 0.386. The summed E-state index contributed by atoms with van der Waals surface area (Å²) >= 11 is 3.50. The number of hydrogen-bond donors (Lipinski definition) is 1. The summed E-state index contributed by atoms with van der Waals surface area (Å²) in [5.74, 6) is 1.73. The third-order valence-corrected chi connectivity index (χ3v) is 4.96. The summed E-state index contributed by atoms with van der Waals surface area (Å²) in [7, 11) is 5.56. The lowest BCUT2D eigenvalue weighted by Crippen LogP contribution is -2.38. The highest BCUT2D eigenvalue weighted by atomic mass is 79.9. The molecule has 0 amide bonds. The molecule has 0 unspecified atom stereocenters. The molecule has 0 bridgehead atoms. The van der Waals surface area contributed by atoms with Crippen LogP contribution in [0, 0.1) is 0 Å². The Morgan fingerprint density at radius 2 is 1.76 bits per heavy atom. The van der Waals surface area contributed by atoms with Gasteiger partial charge in [0.2, 0.25) is 0 Å². The monoisotopic (exact) mass is 356 g/mol. The quantitative estimate of drug-likeness (QED) is 0.879. The van der Waals surface area contributed by atoms with Gasteiger partial charge in [-0.3, -0.25) is 4.90 Å². The van der Waals surface area contributed by atoms with Gasteiger partial charge in [0.25, 0.3) is 0 Å². The smallest absolute Gasteiger partial charge is 0.133 e. The first kappa shape index (κ1) is 16.6. The lowest BCUT2D eigenvalue weighted by atomic mass is 9.91. The van der Waals surface area contributed by atoms with Crippen LogP contribution in [0.3, 0.4) is 0 Å². The van der Waals surface area contributed by atoms with Crippen molar-refractivity contribution in [1.29, 1.82) is 0 Å². The van der Waals surface area contributed by atoms with E-state index < -0.39 is 0 Å². The van der Waals surface area contributed by atoms with Crippen molar-refractivity contribution < 1.29 is 9.47 Å². The van der Waals surface area contributed by atoms with Gasteiger partial charge in [-0.1, -0.05) is 0 Å². The van der Waals surface area contributed by atoms with Crippen molar-refractivity contribution in [3.63, 3.8) is 0 Å². The predicted octanol–water partition coefficient (Wildman–Crippen LogP) is 3.17. The van der Waals surface area contributed by atoms with Crippen LogP contribution in [0.4, 0.5) is 0 Å². The van der Waals surface area contributed by atoms with Gasteiger partial charge >= 0.3 is 0 Å². The second kappa shape index (κ2) is 7.47. The van der Waals surface area contributed by atoms with E-state index in [1.807, 2.05) is 12.1 Å². The average molecular weight is 357 g/mol. The van der Waals surface area contributed by atoms with Gasteiger partial charge in [0.1, 0.15) is 11.5 Å². The molecule has 1 aromatic rings. The largest absolute Gasteiger partial charge is 0.496 e. The van der Waals surface area contributed by atoms with Gasteiger partial charge in [-0.25, -0.2) is 0 Å². The molecular weight excluding hydrogens is 332 g/mol. The number of nitrogens with two attached hydrogens (primary N) is 1. The molecule has 0 aromatic heterocycles. The maximum Gasteiger partial charge on any atom is 0.133 e. The average Bonchev–Trinajstić information content (AvgIpc) is 2.49. The third kappa shape index (κ3) is 4.11. The molecule has 1 aliphatic rings.